The summed E-state index contributed by atoms with van der Waals surface area (Å²) in [5.41, 5.74) is 1.54. The summed E-state index contributed by atoms with van der Waals surface area (Å²) >= 11 is 5.92. The standard InChI is InChI=1S/C21H20ClN3O3/c1-27-18-8-4-16(5-9-18)21(26)25-12-10-15(11-13-25)20-23-19(24-28-20)14-2-6-17(22)7-3-14/h2-9,15H,10-13H2,1H3. The minimum atomic E-state index is 0.0356. The molecule has 4 rings (SSSR count). The van der Waals surface area contributed by atoms with Gasteiger partial charge in [0.25, 0.3) is 5.91 Å². The zero-order chi connectivity index (χ0) is 19.5. The third-order valence-corrected chi connectivity index (χ3v) is 5.26. The van der Waals surface area contributed by atoms with Crippen LogP contribution in [0.1, 0.15) is 35.0 Å². The number of ether oxygens (including phenoxy) is 1. The van der Waals surface area contributed by atoms with Crippen LogP contribution >= 0.6 is 11.6 Å². The monoisotopic (exact) mass is 397 g/mol. The van der Waals surface area contributed by atoms with E-state index in [0.29, 0.717) is 35.4 Å². The van der Waals surface area contributed by atoms with E-state index in [1.54, 1.807) is 43.5 Å². The molecule has 0 spiro atoms. The lowest BCUT2D eigenvalue weighted by Crippen LogP contribution is -2.37. The van der Waals surface area contributed by atoms with Gasteiger partial charge in [-0.1, -0.05) is 16.8 Å². The van der Waals surface area contributed by atoms with E-state index < -0.39 is 0 Å². The summed E-state index contributed by atoms with van der Waals surface area (Å²) in [5, 5.41) is 4.76. The lowest BCUT2D eigenvalue weighted by Gasteiger charge is -2.30. The molecule has 7 heteroatoms. The van der Waals surface area contributed by atoms with E-state index in [1.807, 2.05) is 17.0 Å². The van der Waals surface area contributed by atoms with E-state index in [1.165, 1.54) is 0 Å². The van der Waals surface area contributed by atoms with Gasteiger partial charge in [-0.2, -0.15) is 4.98 Å². The van der Waals surface area contributed by atoms with Crippen LogP contribution in [0.5, 0.6) is 5.75 Å². The van der Waals surface area contributed by atoms with Crippen molar-refractivity contribution in [2.75, 3.05) is 20.2 Å². The first kappa shape index (κ1) is 18.5. The van der Waals surface area contributed by atoms with E-state index in [-0.39, 0.29) is 11.8 Å². The summed E-state index contributed by atoms with van der Waals surface area (Å²) in [6, 6.07) is 14.5. The molecule has 144 valence electrons. The molecule has 28 heavy (non-hydrogen) atoms. The predicted octanol–water partition coefficient (Wildman–Crippen LogP) is 4.42. The molecule has 0 saturated carbocycles. The molecular weight excluding hydrogens is 378 g/mol. The number of hydrogen-bond acceptors (Lipinski definition) is 5. The van der Waals surface area contributed by atoms with Crippen LogP contribution in [0.4, 0.5) is 0 Å². The first-order chi connectivity index (χ1) is 13.6. The maximum absolute atomic E-state index is 12.7. The number of aromatic nitrogens is 2. The van der Waals surface area contributed by atoms with Gasteiger partial charge in [0.15, 0.2) is 0 Å². The Morgan fingerprint density at radius 2 is 1.79 bits per heavy atom. The van der Waals surface area contributed by atoms with Crippen LogP contribution in [-0.2, 0) is 0 Å². The zero-order valence-electron chi connectivity index (χ0n) is 15.5. The number of carbonyl (C=O) groups is 1. The van der Waals surface area contributed by atoms with Crippen LogP contribution in [-0.4, -0.2) is 41.1 Å². The number of benzene rings is 2. The number of amides is 1. The van der Waals surface area contributed by atoms with Crippen molar-refractivity contribution in [1.82, 2.24) is 15.0 Å². The van der Waals surface area contributed by atoms with Gasteiger partial charge in [-0.15, -0.1) is 0 Å². The van der Waals surface area contributed by atoms with Crippen molar-refractivity contribution in [2.24, 2.45) is 0 Å². The van der Waals surface area contributed by atoms with Gasteiger partial charge in [0, 0.05) is 35.2 Å². The topological polar surface area (TPSA) is 68.5 Å². The largest absolute Gasteiger partial charge is 0.497 e. The molecule has 0 atom stereocenters. The molecule has 0 radical (unpaired) electrons. The van der Waals surface area contributed by atoms with Crippen molar-refractivity contribution in [3.63, 3.8) is 0 Å². The van der Waals surface area contributed by atoms with Gasteiger partial charge in [0.2, 0.25) is 11.7 Å². The molecular formula is C21H20ClN3O3. The second-order valence-corrected chi connectivity index (χ2v) is 7.19. The van der Waals surface area contributed by atoms with Gasteiger partial charge < -0.3 is 14.2 Å². The molecule has 0 unspecified atom stereocenters. The Labute approximate surface area is 168 Å². The van der Waals surface area contributed by atoms with Crippen LogP contribution in [0.2, 0.25) is 5.02 Å². The molecule has 6 nitrogen and oxygen atoms in total. The van der Waals surface area contributed by atoms with Gasteiger partial charge in [0.1, 0.15) is 5.75 Å². The van der Waals surface area contributed by atoms with Crippen LogP contribution < -0.4 is 4.74 Å². The van der Waals surface area contributed by atoms with Crippen LogP contribution in [0.15, 0.2) is 53.1 Å². The van der Waals surface area contributed by atoms with Crippen molar-refractivity contribution in [1.29, 1.82) is 0 Å². The highest BCUT2D eigenvalue weighted by atomic mass is 35.5. The summed E-state index contributed by atoms with van der Waals surface area (Å²) in [7, 11) is 1.61. The van der Waals surface area contributed by atoms with Crippen molar-refractivity contribution >= 4 is 17.5 Å². The number of piperidine rings is 1. The van der Waals surface area contributed by atoms with Crippen molar-refractivity contribution in [2.45, 2.75) is 18.8 Å². The maximum Gasteiger partial charge on any atom is 0.253 e. The van der Waals surface area contributed by atoms with E-state index in [9.17, 15) is 4.79 Å². The van der Waals surface area contributed by atoms with E-state index >= 15 is 0 Å². The summed E-state index contributed by atoms with van der Waals surface area (Å²) in [5.74, 6) is 2.12. The van der Waals surface area contributed by atoms with Crippen molar-refractivity contribution in [3.05, 3.63) is 65.0 Å². The van der Waals surface area contributed by atoms with E-state index in [2.05, 4.69) is 10.1 Å². The van der Waals surface area contributed by atoms with Crippen LogP contribution in [0, 0.1) is 0 Å². The lowest BCUT2D eigenvalue weighted by atomic mass is 9.96. The minimum Gasteiger partial charge on any atom is -0.497 e. The average Bonchev–Trinajstić information content (AvgIpc) is 3.24. The van der Waals surface area contributed by atoms with Crippen LogP contribution in [0.3, 0.4) is 0 Å². The molecule has 0 aliphatic carbocycles. The molecule has 1 aromatic heterocycles. The fraction of sp³-hybridized carbons (Fsp3) is 0.286. The molecule has 1 aliphatic heterocycles. The number of hydrogen-bond donors (Lipinski definition) is 0. The minimum absolute atomic E-state index is 0.0356. The normalized spacial score (nSPS) is 14.9. The van der Waals surface area contributed by atoms with E-state index in [4.69, 9.17) is 20.9 Å². The van der Waals surface area contributed by atoms with Gasteiger partial charge in [-0.25, -0.2) is 0 Å². The van der Waals surface area contributed by atoms with Crippen LogP contribution in [0.25, 0.3) is 11.4 Å². The Balaban J connectivity index is 1.38. The van der Waals surface area contributed by atoms with Crippen molar-refractivity contribution < 1.29 is 14.1 Å². The summed E-state index contributed by atoms with van der Waals surface area (Å²) in [4.78, 5) is 19.1. The Morgan fingerprint density at radius 3 is 2.43 bits per heavy atom. The number of likely N-dealkylation sites (tertiary alicyclic amines) is 1. The fourth-order valence-electron chi connectivity index (χ4n) is 3.36. The Kier molecular flexibility index (Phi) is 5.30. The molecule has 2 heterocycles. The highest BCUT2D eigenvalue weighted by molar-refractivity contribution is 6.30. The van der Waals surface area contributed by atoms with Gasteiger partial charge in [0.05, 0.1) is 7.11 Å². The number of methoxy groups -OCH3 is 1. The first-order valence-corrected chi connectivity index (χ1v) is 9.54. The second-order valence-electron chi connectivity index (χ2n) is 6.76. The molecule has 1 aliphatic rings. The number of nitrogens with zero attached hydrogens (tertiary/aromatic N) is 3. The van der Waals surface area contributed by atoms with Gasteiger partial charge in [-0.05, 0) is 61.4 Å². The highest BCUT2D eigenvalue weighted by Gasteiger charge is 2.28. The number of halogens is 1. The fourth-order valence-corrected chi connectivity index (χ4v) is 3.49. The van der Waals surface area contributed by atoms with Crippen molar-refractivity contribution in [3.8, 4) is 17.1 Å². The first-order valence-electron chi connectivity index (χ1n) is 9.17. The Bertz CT molecular complexity index is 946. The molecule has 1 amide bonds. The average molecular weight is 398 g/mol. The van der Waals surface area contributed by atoms with Gasteiger partial charge in [-0.3, -0.25) is 4.79 Å². The molecule has 0 bridgehead atoms. The second kappa shape index (κ2) is 8.02. The summed E-state index contributed by atoms with van der Waals surface area (Å²) < 4.78 is 10.6. The SMILES string of the molecule is COc1ccc(C(=O)N2CCC(c3nc(-c4ccc(Cl)cc4)no3)CC2)cc1. The summed E-state index contributed by atoms with van der Waals surface area (Å²) in [6.07, 6.45) is 1.59. The molecule has 2 aromatic carbocycles. The maximum atomic E-state index is 12.7. The quantitative estimate of drug-likeness (QED) is 0.651. The van der Waals surface area contributed by atoms with Gasteiger partial charge >= 0.3 is 0 Å². The number of carbonyl (C=O) groups excluding carboxylic acids is 1. The summed E-state index contributed by atoms with van der Waals surface area (Å²) in [6.45, 7) is 1.32. The number of rotatable bonds is 4. The Morgan fingerprint density at radius 1 is 1.11 bits per heavy atom. The molecule has 1 saturated heterocycles. The zero-order valence-corrected chi connectivity index (χ0v) is 16.2. The lowest BCUT2D eigenvalue weighted by molar-refractivity contribution is 0.0704. The highest BCUT2D eigenvalue weighted by Crippen LogP contribution is 2.29. The smallest absolute Gasteiger partial charge is 0.253 e. The van der Waals surface area contributed by atoms with E-state index in [0.717, 1.165) is 24.2 Å². The molecule has 0 N–H and O–H groups in total. The molecule has 3 aromatic rings. The third kappa shape index (κ3) is 3.87. The predicted molar refractivity (Wildman–Crippen MR) is 106 cm³/mol. The Hall–Kier alpha value is -2.86. The molecule has 1 fully saturated rings. The third-order valence-electron chi connectivity index (χ3n) is 5.01.